The van der Waals surface area contributed by atoms with E-state index >= 15 is 0 Å². The summed E-state index contributed by atoms with van der Waals surface area (Å²) in [6.45, 7) is 0.448. The molecule has 0 aliphatic heterocycles. The van der Waals surface area contributed by atoms with E-state index < -0.39 is 0 Å². The van der Waals surface area contributed by atoms with E-state index in [2.05, 4.69) is 0 Å². The normalized spacial score (nSPS) is 10.1. The Labute approximate surface area is 123 Å². The van der Waals surface area contributed by atoms with E-state index in [0.29, 0.717) is 18.1 Å². The number of hydrogen-bond donors (Lipinski definition) is 0. The van der Waals surface area contributed by atoms with E-state index in [1.165, 1.54) is 7.11 Å². The number of hydrogen-bond acceptors (Lipinski definition) is 3. The van der Waals surface area contributed by atoms with Gasteiger partial charge in [-0.25, -0.2) is 4.79 Å². The second-order valence-electron chi connectivity index (χ2n) is 4.10. The van der Waals surface area contributed by atoms with Gasteiger partial charge in [-0.3, -0.25) is 0 Å². The maximum Gasteiger partial charge on any atom is 0.338 e. The fourth-order valence-electron chi connectivity index (χ4n) is 1.93. The van der Waals surface area contributed by atoms with Crippen molar-refractivity contribution in [2.24, 2.45) is 0 Å². The monoisotopic (exact) mass is 290 g/mol. The smallest absolute Gasteiger partial charge is 0.338 e. The maximum atomic E-state index is 11.8. The second kappa shape index (κ2) is 6.96. The van der Waals surface area contributed by atoms with E-state index in [1.807, 2.05) is 42.5 Å². The Balaban J connectivity index is 2.38. The first-order valence-electron chi connectivity index (χ1n) is 6.23. The molecule has 104 valence electrons. The number of benzene rings is 2. The molecular formula is C16H15ClO3. The van der Waals surface area contributed by atoms with Crippen LogP contribution in [0.5, 0.6) is 5.75 Å². The van der Waals surface area contributed by atoms with Crippen molar-refractivity contribution in [2.75, 3.05) is 19.6 Å². The Morgan fingerprint density at radius 3 is 2.70 bits per heavy atom. The van der Waals surface area contributed by atoms with E-state index in [1.54, 1.807) is 6.07 Å². The van der Waals surface area contributed by atoms with Crippen LogP contribution < -0.4 is 4.74 Å². The molecule has 2 aromatic carbocycles. The largest absolute Gasteiger partial charge is 0.492 e. The highest BCUT2D eigenvalue weighted by Gasteiger charge is 2.12. The molecule has 0 amide bonds. The first-order chi connectivity index (χ1) is 9.76. The quantitative estimate of drug-likeness (QED) is 0.621. The Morgan fingerprint density at radius 1 is 1.15 bits per heavy atom. The first-order valence-corrected chi connectivity index (χ1v) is 6.76. The Kier molecular flexibility index (Phi) is 5.02. The van der Waals surface area contributed by atoms with Crippen LogP contribution in [-0.4, -0.2) is 25.6 Å². The van der Waals surface area contributed by atoms with Crippen LogP contribution in [0.3, 0.4) is 0 Å². The molecule has 0 radical (unpaired) electrons. The zero-order valence-electron chi connectivity index (χ0n) is 11.1. The predicted octanol–water partition coefficient (Wildman–Crippen LogP) is 3.76. The molecule has 0 bridgehead atoms. The van der Waals surface area contributed by atoms with Crippen molar-refractivity contribution in [3.63, 3.8) is 0 Å². The zero-order valence-corrected chi connectivity index (χ0v) is 11.9. The van der Waals surface area contributed by atoms with Gasteiger partial charge in [-0.2, -0.15) is 0 Å². The molecule has 0 N–H and O–H groups in total. The average molecular weight is 291 g/mol. The van der Waals surface area contributed by atoms with Crippen LogP contribution in [0.1, 0.15) is 10.4 Å². The molecule has 0 heterocycles. The summed E-state index contributed by atoms with van der Waals surface area (Å²) >= 11 is 5.61. The molecule has 0 fully saturated rings. The van der Waals surface area contributed by atoms with Gasteiger partial charge in [0, 0.05) is 0 Å². The Morgan fingerprint density at radius 2 is 1.95 bits per heavy atom. The Hall–Kier alpha value is -2.00. The lowest BCUT2D eigenvalue weighted by Gasteiger charge is -2.10. The predicted molar refractivity (Wildman–Crippen MR) is 79.4 cm³/mol. The molecule has 20 heavy (non-hydrogen) atoms. The Bertz CT molecular complexity index is 596. The van der Waals surface area contributed by atoms with Crippen molar-refractivity contribution in [3.8, 4) is 16.9 Å². The maximum absolute atomic E-state index is 11.8. The van der Waals surface area contributed by atoms with Gasteiger partial charge in [0.2, 0.25) is 0 Å². The van der Waals surface area contributed by atoms with Crippen LogP contribution >= 0.6 is 11.6 Å². The van der Waals surface area contributed by atoms with Gasteiger partial charge in [-0.1, -0.05) is 30.3 Å². The molecule has 2 rings (SSSR count). The van der Waals surface area contributed by atoms with Crippen molar-refractivity contribution in [1.29, 1.82) is 0 Å². The van der Waals surface area contributed by atoms with Crippen molar-refractivity contribution in [3.05, 3.63) is 54.1 Å². The van der Waals surface area contributed by atoms with Crippen LogP contribution in [0.2, 0.25) is 0 Å². The van der Waals surface area contributed by atoms with Gasteiger partial charge < -0.3 is 9.47 Å². The van der Waals surface area contributed by atoms with Crippen molar-refractivity contribution in [2.45, 2.75) is 0 Å². The average Bonchev–Trinajstić information content (AvgIpc) is 2.52. The van der Waals surface area contributed by atoms with Gasteiger partial charge in [0.1, 0.15) is 12.4 Å². The SMILES string of the molecule is COC(=O)c1ccccc1-c1cccc(OCCCl)c1. The van der Waals surface area contributed by atoms with Gasteiger partial charge in [0.25, 0.3) is 0 Å². The van der Waals surface area contributed by atoms with Crippen LogP contribution in [0, 0.1) is 0 Å². The van der Waals surface area contributed by atoms with Gasteiger partial charge in [-0.15, -0.1) is 11.6 Å². The highest BCUT2D eigenvalue weighted by molar-refractivity contribution is 6.18. The highest BCUT2D eigenvalue weighted by atomic mass is 35.5. The topological polar surface area (TPSA) is 35.5 Å². The molecule has 0 spiro atoms. The molecule has 0 aliphatic carbocycles. The van der Waals surface area contributed by atoms with Crippen LogP contribution in [0.4, 0.5) is 0 Å². The van der Waals surface area contributed by atoms with Crippen molar-refractivity contribution < 1.29 is 14.3 Å². The summed E-state index contributed by atoms with van der Waals surface area (Å²) in [5.41, 5.74) is 2.25. The lowest BCUT2D eigenvalue weighted by molar-refractivity contribution is 0.0601. The van der Waals surface area contributed by atoms with Crippen LogP contribution in [0.15, 0.2) is 48.5 Å². The van der Waals surface area contributed by atoms with Crippen molar-refractivity contribution in [1.82, 2.24) is 0 Å². The minimum absolute atomic E-state index is 0.354. The second-order valence-corrected chi connectivity index (χ2v) is 4.48. The molecular weight excluding hydrogens is 276 g/mol. The number of alkyl halides is 1. The number of halogens is 1. The summed E-state index contributed by atoms with van der Waals surface area (Å²) in [6.07, 6.45) is 0. The van der Waals surface area contributed by atoms with E-state index in [0.717, 1.165) is 16.9 Å². The van der Waals surface area contributed by atoms with E-state index in [4.69, 9.17) is 21.1 Å². The van der Waals surface area contributed by atoms with Gasteiger partial charge in [0.05, 0.1) is 18.6 Å². The minimum atomic E-state index is -0.354. The van der Waals surface area contributed by atoms with Crippen LogP contribution in [-0.2, 0) is 4.74 Å². The molecule has 0 saturated heterocycles. The van der Waals surface area contributed by atoms with E-state index in [9.17, 15) is 4.79 Å². The van der Waals surface area contributed by atoms with Gasteiger partial charge >= 0.3 is 5.97 Å². The summed E-state index contributed by atoms with van der Waals surface area (Å²) in [5.74, 6) is 0.804. The third-order valence-corrected chi connectivity index (χ3v) is 2.98. The molecule has 0 atom stereocenters. The van der Waals surface area contributed by atoms with E-state index in [-0.39, 0.29) is 5.97 Å². The molecule has 2 aromatic rings. The standard InChI is InChI=1S/C16H15ClO3/c1-19-16(18)15-8-3-2-7-14(15)12-5-4-6-13(11-12)20-10-9-17/h2-8,11H,9-10H2,1H3. The third kappa shape index (κ3) is 3.31. The molecule has 0 aliphatic rings. The fourth-order valence-corrected chi connectivity index (χ4v) is 2.01. The number of carbonyl (C=O) groups is 1. The lowest BCUT2D eigenvalue weighted by atomic mass is 9.99. The first kappa shape index (κ1) is 14.4. The number of methoxy groups -OCH3 is 1. The molecule has 3 nitrogen and oxygen atoms in total. The lowest BCUT2D eigenvalue weighted by Crippen LogP contribution is -2.03. The van der Waals surface area contributed by atoms with Crippen LogP contribution in [0.25, 0.3) is 11.1 Å². The summed E-state index contributed by atoms with van der Waals surface area (Å²) in [7, 11) is 1.37. The summed E-state index contributed by atoms with van der Waals surface area (Å²) in [6, 6.07) is 14.9. The number of ether oxygens (including phenoxy) is 2. The number of rotatable bonds is 5. The highest BCUT2D eigenvalue weighted by Crippen LogP contribution is 2.27. The summed E-state index contributed by atoms with van der Waals surface area (Å²) < 4.78 is 10.3. The van der Waals surface area contributed by atoms with Crippen molar-refractivity contribution >= 4 is 17.6 Å². The minimum Gasteiger partial charge on any atom is -0.492 e. The summed E-state index contributed by atoms with van der Waals surface area (Å²) in [4.78, 5) is 11.8. The molecule has 4 heteroatoms. The number of esters is 1. The summed E-state index contributed by atoms with van der Waals surface area (Å²) in [5, 5.41) is 0. The molecule has 0 unspecified atom stereocenters. The number of carbonyl (C=O) groups excluding carboxylic acids is 1. The molecule has 0 aromatic heterocycles. The third-order valence-electron chi connectivity index (χ3n) is 2.82. The van der Waals surface area contributed by atoms with Gasteiger partial charge in [-0.05, 0) is 29.3 Å². The zero-order chi connectivity index (χ0) is 14.4. The molecule has 0 saturated carbocycles. The fraction of sp³-hybridized carbons (Fsp3) is 0.188. The van der Waals surface area contributed by atoms with Gasteiger partial charge in [0.15, 0.2) is 0 Å².